The van der Waals surface area contributed by atoms with Crippen LogP contribution in [0.2, 0.25) is 0 Å². The van der Waals surface area contributed by atoms with Gasteiger partial charge in [0.2, 0.25) is 0 Å². The van der Waals surface area contributed by atoms with Crippen molar-refractivity contribution in [2.45, 2.75) is 32.7 Å². The summed E-state index contributed by atoms with van der Waals surface area (Å²) in [6.07, 6.45) is 0.444. The summed E-state index contributed by atoms with van der Waals surface area (Å²) >= 11 is 0. The second-order valence-corrected chi connectivity index (χ2v) is 4.48. The largest absolute Gasteiger partial charge is 0.415 e. The molecule has 1 aromatic rings. The van der Waals surface area contributed by atoms with Crippen LogP contribution in [-0.4, -0.2) is 29.6 Å². The van der Waals surface area contributed by atoms with Crippen molar-refractivity contribution in [3.63, 3.8) is 0 Å². The number of rotatable bonds is 5. The first kappa shape index (κ1) is 14.5. The van der Waals surface area contributed by atoms with Crippen molar-refractivity contribution in [1.82, 2.24) is 4.90 Å². The van der Waals surface area contributed by atoms with Crippen LogP contribution >= 0.6 is 0 Å². The number of carbonyl (C=O) groups excluding carboxylic acids is 1. The molecule has 0 spiro atoms. The third-order valence-electron chi connectivity index (χ3n) is 3.34. The minimum absolute atomic E-state index is 0.349. The van der Waals surface area contributed by atoms with Gasteiger partial charge in [0.25, 0.3) is 0 Å². The highest BCUT2D eigenvalue weighted by Crippen LogP contribution is 2.20. The summed E-state index contributed by atoms with van der Waals surface area (Å²) in [5, 5.41) is 0. The van der Waals surface area contributed by atoms with Crippen molar-refractivity contribution in [2.24, 2.45) is 5.73 Å². The molecule has 0 bridgehead atoms. The quantitative estimate of drug-likeness (QED) is 0.874. The fourth-order valence-electron chi connectivity index (χ4n) is 1.82. The summed E-state index contributed by atoms with van der Waals surface area (Å²) < 4.78 is 5.35. The van der Waals surface area contributed by atoms with Gasteiger partial charge in [0.05, 0.1) is 5.54 Å². The van der Waals surface area contributed by atoms with Crippen molar-refractivity contribution < 1.29 is 9.53 Å². The van der Waals surface area contributed by atoms with Gasteiger partial charge in [-0.15, -0.1) is 0 Å². The number of ether oxygens (including phenoxy) is 1. The fraction of sp³-hybridized carbons (Fsp3) is 0.500. The molecule has 0 radical (unpaired) electrons. The van der Waals surface area contributed by atoms with E-state index in [1.165, 1.54) is 0 Å². The first-order valence-electron chi connectivity index (χ1n) is 6.32. The summed E-state index contributed by atoms with van der Waals surface area (Å²) in [6.45, 7) is 6.92. The van der Waals surface area contributed by atoms with E-state index >= 15 is 0 Å². The van der Waals surface area contributed by atoms with Crippen LogP contribution in [0.15, 0.2) is 30.3 Å². The van der Waals surface area contributed by atoms with Crippen LogP contribution < -0.4 is 10.5 Å². The number of hydrogen-bond donors (Lipinski definition) is 1. The average Bonchev–Trinajstić information content (AvgIpc) is 2.40. The Kier molecular flexibility index (Phi) is 5.16. The minimum Gasteiger partial charge on any atom is -0.410 e. The molecule has 1 rings (SSSR count). The predicted molar refractivity (Wildman–Crippen MR) is 72.6 cm³/mol. The number of para-hydroxylation sites is 1. The maximum atomic E-state index is 12.2. The van der Waals surface area contributed by atoms with E-state index in [9.17, 15) is 4.79 Å². The number of benzene rings is 1. The average molecular weight is 250 g/mol. The number of carbonyl (C=O) groups is 1. The normalized spacial score (nSPS) is 13.8. The van der Waals surface area contributed by atoms with E-state index in [1.807, 2.05) is 39.0 Å². The summed E-state index contributed by atoms with van der Waals surface area (Å²) in [5.74, 6) is 0.552. The van der Waals surface area contributed by atoms with Gasteiger partial charge in [-0.2, -0.15) is 0 Å². The SMILES string of the molecule is CCN(C(=O)Oc1ccccc1)C(C)(CC)CN. The maximum Gasteiger partial charge on any atom is 0.415 e. The third-order valence-corrected chi connectivity index (χ3v) is 3.34. The van der Waals surface area contributed by atoms with Gasteiger partial charge in [0, 0.05) is 13.1 Å². The Labute approximate surface area is 109 Å². The summed E-state index contributed by atoms with van der Waals surface area (Å²) in [4.78, 5) is 13.8. The molecule has 0 fully saturated rings. The number of nitrogens with two attached hydrogens (primary N) is 1. The Morgan fingerprint density at radius 1 is 1.33 bits per heavy atom. The molecule has 100 valence electrons. The van der Waals surface area contributed by atoms with E-state index in [0.29, 0.717) is 18.8 Å². The van der Waals surface area contributed by atoms with E-state index < -0.39 is 0 Å². The van der Waals surface area contributed by atoms with Crippen LogP contribution in [0.3, 0.4) is 0 Å². The molecular weight excluding hydrogens is 228 g/mol. The summed E-state index contributed by atoms with van der Waals surface area (Å²) in [7, 11) is 0. The molecular formula is C14H22N2O2. The van der Waals surface area contributed by atoms with Gasteiger partial charge in [-0.25, -0.2) is 4.79 Å². The molecule has 0 saturated heterocycles. The van der Waals surface area contributed by atoms with Gasteiger partial charge >= 0.3 is 6.09 Å². The summed E-state index contributed by atoms with van der Waals surface area (Å²) in [5.41, 5.74) is 5.42. The molecule has 0 aliphatic rings. The van der Waals surface area contributed by atoms with Gasteiger partial charge < -0.3 is 15.4 Å². The topological polar surface area (TPSA) is 55.6 Å². The zero-order valence-electron chi connectivity index (χ0n) is 11.3. The smallest absolute Gasteiger partial charge is 0.410 e. The zero-order valence-corrected chi connectivity index (χ0v) is 11.3. The Bertz CT molecular complexity index is 375. The number of likely N-dealkylation sites (N-methyl/N-ethyl adjacent to an activating group) is 1. The highest BCUT2D eigenvalue weighted by molar-refractivity contribution is 5.71. The molecule has 1 aromatic carbocycles. The molecule has 0 aromatic heterocycles. The molecule has 4 nitrogen and oxygen atoms in total. The molecule has 4 heteroatoms. The lowest BCUT2D eigenvalue weighted by Crippen LogP contribution is -2.54. The van der Waals surface area contributed by atoms with Crippen molar-refractivity contribution >= 4 is 6.09 Å². The third kappa shape index (κ3) is 3.23. The highest BCUT2D eigenvalue weighted by atomic mass is 16.6. The Morgan fingerprint density at radius 3 is 2.39 bits per heavy atom. The Balaban J connectivity index is 2.80. The zero-order chi connectivity index (χ0) is 13.6. The lowest BCUT2D eigenvalue weighted by atomic mass is 9.97. The first-order valence-corrected chi connectivity index (χ1v) is 6.32. The van der Waals surface area contributed by atoms with Gasteiger partial charge in [0.15, 0.2) is 0 Å². The van der Waals surface area contributed by atoms with Crippen LogP contribution in [-0.2, 0) is 0 Å². The molecule has 0 aliphatic carbocycles. The van der Waals surface area contributed by atoms with Crippen LogP contribution in [0.5, 0.6) is 5.75 Å². The number of nitrogens with zero attached hydrogens (tertiary/aromatic N) is 1. The molecule has 18 heavy (non-hydrogen) atoms. The van der Waals surface area contributed by atoms with Gasteiger partial charge in [-0.1, -0.05) is 25.1 Å². The maximum absolute atomic E-state index is 12.2. The summed E-state index contributed by atoms with van der Waals surface area (Å²) in [6, 6.07) is 9.07. The molecule has 1 atom stereocenters. The van der Waals surface area contributed by atoms with Gasteiger partial charge in [-0.05, 0) is 32.4 Å². The Morgan fingerprint density at radius 2 is 1.94 bits per heavy atom. The van der Waals surface area contributed by atoms with Gasteiger partial charge in [-0.3, -0.25) is 0 Å². The van der Waals surface area contributed by atoms with Crippen LogP contribution in [0, 0.1) is 0 Å². The van der Waals surface area contributed by atoms with E-state index in [1.54, 1.807) is 17.0 Å². The monoisotopic (exact) mass is 250 g/mol. The number of hydrogen-bond acceptors (Lipinski definition) is 3. The van der Waals surface area contributed by atoms with Crippen molar-refractivity contribution in [2.75, 3.05) is 13.1 Å². The number of amides is 1. The molecule has 0 saturated carbocycles. The second kappa shape index (κ2) is 6.40. The van der Waals surface area contributed by atoms with Gasteiger partial charge in [0.1, 0.15) is 5.75 Å². The highest BCUT2D eigenvalue weighted by Gasteiger charge is 2.32. The van der Waals surface area contributed by atoms with E-state index in [-0.39, 0.29) is 11.6 Å². The van der Waals surface area contributed by atoms with Crippen molar-refractivity contribution in [1.29, 1.82) is 0 Å². The molecule has 1 amide bonds. The minimum atomic E-state index is -0.361. The fourth-order valence-corrected chi connectivity index (χ4v) is 1.82. The first-order chi connectivity index (χ1) is 8.57. The molecule has 0 aliphatic heterocycles. The molecule has 1 unspecified atom stereocenters. The van der Waals surface area contributed by atoms with E-state index in [2.05, 4.69) is 0 Å². The van der Waals surface area contributed by atoms with Crippen molar-refractivity contribution in [3.8, 4) is 5.75 Å². The van der Waals surface area contributed by atoms with E-state index in [4.69, 9.17) is 10.5 Å². The predicted octanol–water partition coefficient (Wildman–Crippen LogP) is 2.63. The standard InChI is InChI=1S/C14H22N2O2/c1-4-14(3,11-15)16(5-2)13(17)18-12-9-7-6-8-10-12/h6-10H,4-5,11,15H2,1-3H3. The van der Waals surface area contributed by atoms with Crippen LogP contribution in [0.1, 0.15) is 27.2 Å². The van der Waals surface area contributed by atoms with E-state index in [0.717, 1.165) is 6.42 Å². The molecule has 0 heterocycles. The lowest BCUT2D eigenvalue weighted by Gasteiger charge is -2.38. The lowest BCUT2D eigenvalue weighted by molar-refractivity contribution is 0.0945. The van der Waals surface area contributed by atoms with Crippen molar-refractivity contribution in [3.05, 3.63) is 30.3 Å². The van der Waals surface area contributed by atoms with Crippen LogP contribution in [0.4, 0.5) is 4.79 Å². The Hall–Kier alpha value is -1.55. The van der Waals surface area contributed by atoms with Crippen LogP contribution in [0.25, 0.3) is 0 Å². The second-order valence-electron chi connectivity index (χ2n) is 4.48. The molecule has 2 N–H and O–H groups in total.